The summed E-state index contributed by atoms with van der Waals surface area (Å²) >= 11 is 1.04. The van der Waals surface area contributed by atoms with Crippen molar-refractivity contribution < 1.29 is 22.7 Å². The van der Waals surface area contributed by atoms with Crippen molar-refractivity contribution in [2.24, 2.45) is 0 Å². The number of carbonyl (C=O) groups excluding carboxylic acids is 2. The Kier molecular flexibility index (Phi) is 6.59. The van der Waals surface area contributed by atoms with Crippen LogP contribution in [0.2, 0.25) is 0 Å². The van der Waals surface area contributed by atoms with Crippen molar-refractivity contribution in [1.82, 2.24) is 19.6 Å². The first-order valence-corrected chi connectivity index (χ1v) is 12.9. The largest absolute Gasteiger partial charge is 0.465 e. The number of hydrogen-bond acceptors (Lipinski definition) is 8. The Balaban J connectivity index is 1.64. The molecule has 3 heterocycles. The number of aryl methyl sites for hydroxylation is 1. The number of hydrogen-bond donors (Lipinski definition) is 1. The number of esters is 1. The molecule has 2 aromatic heterocycles. The zero-order valence-corrected chi connectivity index (χ0v) is 19.7. The average molecular weight is 479 g/mol. The Morgan fingerprint density at radius 1 is 1.19 bits per heavy atom. The summed E-state index contributed by atoms with van der Waals surface area (Å²) in [5.41, 5.74) is 1.68. The van der Waals surface area contributed by atoms with Crippen LogP contribution in [-0.2, 0) is 27.7 Å². The molecular formula is C21H26N4O5S2. The topological polar surface area (TPSA) is 119 Å². The van der Waals surface area contributed by atoms with Gasteiger partial charge >= 0.3 is 5.97 Å². The third-order valence-corrected chi connectivity index (χ3v) is 9.13. The fraction of sp³-hybridized carbons (Fsp3) is 0.524. The maximum absolute atomic E-state index is 13.2. The van der Waals surface area contributed by atoms with Gasteiger partial charge in [-0.25, -0.2) is 22.9 Å². The van der Waals surface area contributed by atoms with Gasteiger partial charge in [-0.05, 0) is 31.7 Å². The smallest absolute Gasteiger partial charge is 0.340 e. The minimum Gasteiger partial charge on any atom is -0.465 e. The Bertz CT molecular complexity index is 1120. The van der Waals surface area contributed by atoms with Crippen LogP contribution >= 0.6 is 11.3 Å². The molecule has 2 aliphatic rings. The van der Waals surface area contributed by atoms with Crippen molar-refractivity contribution in [2.45, 2.75) is 62.2 Å². The summed E-state index contributed by atoms with van der Waals surface area (Å²) in [7, 11) is -2.65. The van der Waals surface area contributed by atoms with Crippen molar-refractivity contribution in [3.63, 3.8) is 0 Å². The van der Waals surface area contributed by atoms with Gasteiger partial charge in [0.1, 0.15) is 9.90 Å². The van der Waals surface area contributed by atoms with Gasteiger partial charge in [0.05, 0.1) is 31.1 Å². The van der Waals surface area contributed by atoms with Crippen molar-refractivity contribution in [1.29, 1.82) is 0 Å². The molecule has 1 saturated carbocycles. The van der Waals surface area contributed by atoms with Gasteiger partial charge in [-0.2, -0.15) is 0 Å². The highest BCUT2D eigenvalue weighted by Gasteiger charge is 2.36. The highest BCUT2D eigenvalue weighted by molar-refractivity contribution is 7.91. The van der Waals surface area contributed by atoms with E-state index >= 15 is 0 Å². The Morgan fingerprint density at radius 3 is 2.59 bits per heavy atom. The Hall–Kier alpha value is -2.37. The zero-order valence-electron chi connectivity index (χ0n) is 18.1. The van der Waals surface area contributed by atoms with Crippen LogP contribution in [-0.4, -0.2) is 54.9 Å². The fourth-order valence-electron chi connectivity index (χ4n) is 4.21. The number of thiophene rings is 1. The molecule has 4 rings (SSSR count). The lowest BCUT2D eigenvalue weighted by atomic mass is 9.96. The van der Waals surface area contributed by atoms with E-state index in [1.165, 1.54) is 19.5 Å². The van der Waals surface area contributed by atoms with E-state index < -0.39 is 16.0 Å². The molecular weight excluding hydrogens is 452 g/mol. The van der Waals surface area contributed by atoms with E-state index in [0.717, 1.165) is 43.4 Å². The summed E-state index contributed by atoms with van der Waals surface area (Å²) in [5, 5.41) is 0. The van der Waals surface area contributed by atoms with Crippen LogP contribution in [0, 0.1) is 6.92 Å². The third-order valence-electron chi connectivity index (χ3n) is 5.87. The standard InChI is InChI=1S/C21H26N4O5S2/c1-13-10-23-16(11-22-13)19(26)25-9-8-15-17(12-25)31-21(18(15)20(27)30-2)32(28,29)24-14-6-4-3-5-7-14/h10-11,14,24H,3-9,12H2,1-2H3. The summed E-state index contributed by atoms with van der Waals surface area (Å²) in [6.45, 7) is 2.34. The van der Waals surface area contributed by atoms with E-state index in [1.54, 1.807) is 11.8 Å². The SMILES string of the molecule is COC(=O)c1c(S(=O)(=O)NC2CCCCC2)sc2c1CCN(C(=O)c1cnc(C)cn1)C2. The number of carbonyl (C=O) groups is 2. The average Bonchev–Trinajstić information content (AvgIpc) is 3.19. The third kappa shape index (κ3) is 4.55. The van der Waals surface area contributed by atoms with E-state index in [2.05, 4.69) is 14.7 Å². The predicted octanol–water partition coefficient (Wildman–Crippen LogP) is 2.44. The van der Waals surface area contributed by atoms with E-state index in [1.807, 2.05) is 0 Å². The van der Waals surface area contributed by atoms with Gasteiger partial charge in [0.25, 0.3) is 15.9 Å². The van der Waals surface area contributed by atoms with Crippen molar-refractivity contribution >= 4 is 33.2 Å². The Morgan fingerprint density at radius 2 is 1.94 bits per heavy atom. The van der Waals surface area contributed by atoms with E-state index in [0.29, 0.717) is 29.1 Å². The maximum Gasteiger partial charge on any atom is 0.340 e. The number of nitrogens with one attached hydrogen (secondary N) is 1. The van der Waals surface area contributed by atoms with E-state index in [-0.39, 0.29) is 34.0 Å². The zero-order chi connectivity index (χ0) is 22.9. The number of fused-ring (bicyclic) bond motifs is 1. The first-order valence-electron chi connectivity index (χ1n) is 10.6. The lowest BCUT2D eigenvalue weighted by Gasteiger charge is -2.26. The van der Waals surface area contributed by atoms with Gasteiger partial charge in [0, 0.05) is 23.7 Å². The number of rotatable bonds is 5. The highest BCUT2D eigenvalue weighted by atomic mass is 32.2. The minimum atomic E-state index is -3.89. The van der Waals surface area contributed by atoms with Gasteiger partial charge in [0.2, 0.25) is 0 Å². The number of aromatic nitrogens is 2. The number of methoxy groups -OCH3 is 1. The predicted molar refractivity (Wildman–Crippen MR) is 118 cm³/mol. The molecule has 2 aromatic rings. The van der Waals surface area contributed by atoms with Crippen LogP contribution in [0.25, 0.3) is 0 Å². The molecule has 0 saturated heterocycles. The van der Waals surface area contributed by atoms with Crippen LogP contribution in [0.4, 0.5) is 0 Å². The second kappa shape index (κ2) is 9.24. The summed E-state index contributed by atoms with van der Waals surface area (Å²) < 4.78 is 34.1. The molecule has 32 heavy (non-hydrogen) atoms. The first-order chi connectivity index (χ1) is 15.3. The van der Waals surface area contributed by atoms with Crippen LogP contribution in [0.3, 0.4) is 0 Å². The van der Waals surface area contributed by atoms with Crippen molar-refractivity contribution in [2.75, 3.05) is 13.7 Å². The number of ether oxygens (including phenoxy) is 1. The maximum atomic E-state index is 13.2. The summed E-state index contributed by atoms with van der Waals surface area (Å²) in [6.07, 6.45) is 7.98. The van der Waals surface area contributed by atoms with Crippen LogP contribution in [0.15, 0.2) is 16.6 Å². The van der Waals surface area contributed by atoms with Gasteiger partial charge in [0.15, 0.2) is 0 Å². The van der Waals surface area contributed by atoms with E-state index in [9.17, 15) is 18.0 Å². The molecule has 172 valence electrons. The normalized spacial score (nSPS) is 17.1. The van der Waals surface area contributed by atoms with Gasteiger partial charge in [-0.15, -0.1) is 11.3 Å². The number of sulfonamides is 1. The molecule has 1 aliphatic heterocycles. The van der Waals surface area contributed by atoms with Gasteiger partial charge in [-0.3, -0.25) is 9.78 Å². The van der Waals surface area contributed by atoms with Crippen LogP contribution < -0.4 is 4.72 Å². The Labute approximate surface area is 191 Å². The molecule has 1 aliphatic carbocycles. The summed E-state index contributed by atoms with van der Waals surface area (Å²) in [4.78, 5) is 36.0. The summed E-state index contributed by atoms with van der Waals surface area (Å²) in [6, 6.07) is -0.128. The van der Waals surface area contributed by atoms with Crippen molar-refractivity contribution in [3.05, 3.63) is 39.8 Å². The van der Waals surface area contributed by atoms with Crippen LogP contribution in [0.5, 0.6) is 0 Å². The van der Waals surface area contributed by atoms with Crippen molar-refractivity contribution in [3.8, 4) is 0 Å². The molecule has 0 unspecified atom stereocenters. The molecule has 1 fully saturated rings. The number of nitrogens with zero attached hydrogens (tertiary/aromatic N) is 3. The second-order valence-electron chi connectivity index (χ2n) is 8.13. The van der Waals surface area contributed by atoms with Gasteiger partial charge < -0.3 is 9.64 Å². The molecule has 11 heteroatoms. The molecule has 1 N–H and O–H groups in total. The minimum absolute atomic E-state index is 0.0237. The second-order valence-corrected chi connectivity index (χ2v) is 11.1. The molecule has 0 atom stereocenters. The van der Waals surface area contributed by atoms with Gasteiger partial charge in [-0.1, -0.05) is 19.3 Å². The van der Waals surface area contributed by atoms with E-state index in [4.69, 9.17) is 4.74 Å². The lowest BCUT2D eigenvalue weighted by Crippen LogP contribution is -2.37. The van der Waals surface area contributed by atoms with Crippen LogP contribution in [0.1, 0.15) is 69.1 Å². The summed E-state index contributed by atoms with van der Waals surface area (Å²) in [5.74, 6) is -0.948. The quantitative estimate of drug-likeness (QED) is 0.656. The molecule has 1 amide bonds. The molecule has 0 aromatic carbocycles. The molecule has 0 spiro atoms. The molecule has 9 nitrogen and oxygen atoms in total. The monoisotopic (exact) mass is 478 g/mol. The highest BCUT2D eigenvalue weighted by Crippen LogP contribution is 2.37. The number of amides is 1. The molecule has 0 radical (unpaired) electrons. The fourth-order valence-corrected chi connectivity index (χ4v) is 7.43. The first kappa shape index (κ1) is 22.8. The molecule has 0 bridgehead atoms. The lowest BCUT2D eigenvalue weighted by molar-refractivity contribution is 0.0595.